The number of nitrogens with zero attached hydrogens (tertiary/aromatic N) is 3. The second-order valence-corrected chi connectivity index (χ2v) is 9.19. The van der Waals surface area contributed by atoms with E-state index in [0.717, 1.165) is 36.1 Å². The minimum absolute atomic E-state index is 0.0890. The zero-order chi connectivity index (χ0) is 19.8. The topological polar surface area (TPSA) is 102 Å². The lowest BCUT2D eigenvalue weighted by atomic mass is 9.95. The number of pyridine rings is 1. The fourth-order valence-corrected chi connectivity index (χ4v) is 5.74. The number of amides is 2. The highest BCUT2D eigenvalue weighted by Crippen LogP contribution is 2.38. The maximum atomic E-state index is 12.5. The molecular formula is C17H15Cl2N5O2S2. The summed E-state index contributed by atoms with van der Waals surface area (Å²) in [6.45, 7) is 0. The van der Waals surface area contributed by atoms with Gasteiger partial charge < -0.3 is 11.1 Å². The number of hydrogen-bond acceptors (Lipinski definition) is 6. The van der Waals surface area contributed by atoms with E-state index in [1.165, 1.54) is 23.1 Å². The molecule has 7 nitrogen and oxygen atoms in total. The molecule has 0 aliphatic heterocycles. The number of aryl methyl sites for hydroxylation is 1. The predicted molar refractivity (Wildman–Crippen MR) is 112 cm³/mol. The zero-order valence-corrected chi connectivity index (χ0v) is 17.6. The monoisotopic (exact) mass is 455 g/mol. The molecule has 0 fully saturated rings. The van der Waals surface area contributed by atoms with Crippen LogP contribution in [0.15, 0.2) is 17.4 Å². The smallest absolute Gasteiger partial charge is 0.251 e. The molecule has 0 spiro atoms. The number of halogens is 2. The van der Waals surface area contributed by atoms with Crippen molar-refractivity contribution in [3.63, 3.8) is 0 Å². The van der Waals surface area contributed by atoms with Gasteiger partial charge in [0.05, 0.1) is 21.4 Å². The van der Waals surface area contributed by atoms with Crippen molar-refractivity contribution in [2.75, 3.05) is 11.1 Å². The van der Waals surface area contributed by atoms with Gasteiger partial charge in [-0.1, -0.05) is 35.0 Å². The number of aromatic nitrogens is 3. The van der Waals surface area contributed by atoms with E-state index in [0.29, 0.717) is 31.4 Å². The van der Waals surface area contributed by atoms with Gasteiger partial charge in [-0.3, -0.25) is 14.0 Å². The molecule has 0 aromatic carbocycles. The number of thiophene rings is 1. The number of rotatable bonds is 5. The van der Waals surface area contributed by atoms with Crippen molar-refractivity contribution in [1.82, 2.24) is 14.6 Å². The van der Waals surface area contributed by atoms with E-state index in [4.69, 9.17) is 28.9 Å². The molecule has 11 heteroatoms. The first-order chi connectivity index (χ1) is 13.4. The molecule has 3 heterocycles. The number of anilines is 1. The quantitative estimate of drug-likeness (QED) is 0.569. The fourth-order valence-electron chi connectivity index (χ4n) is 3.21. The summed E-state index contributed by atoms with van der Waals surface area (Å²) in [6, 6.07) is 1.58. The second kappa shape index (κ2) is 7.90. The third kappa shape index (κ3) is 3.71. The number of carbonyl (C=O) groups is 2. The van der Waals surface area contributed by atoms with Crippen LogP contribution in [0.1, 0.15) is 33.6 Å². The number of thioether (sulfide) groups is 1. The lowest BCUT2D eigenvalue weighted by molar-refractivity contribution is -0.113. The Morgan fingerprint density at radius 3 is 2.86 bits per heavy atom. The van der Waals surface area contributed by atoms with Crippen LogP contribution in [0.2, 0.25) is 10.0 Å². The minimum atomic E-state index is -0.505. The van der Waals surface area contributed by atoms with E-state index >= 15 is 0 Å². The molecule has 0 saturated carbocycles. The maximum Gasteiger partial charge on any atom is 0.251 e. The van der Waals surface area contributed by atoms with E-state index in [-0.39, 0.29) is 11.7 Å². The first-order valence-electron chi connectivity index (χ1n) is 8.51. The molecular weight excluding hydrogens is 441 g/mol. The molecule has 0 saturated heterocycles. The van der Waals surface area contributed by atoms with Crippen molar-refractivity contribution in [3.05, 3.63) is 38.3 Å². The Kier molecular flexibility index (Phi) is 5.50. The van der Waals surface area contributed by atoms with Crippen molar-refractivity contribution < 1.29 is 9.59 Å². The molecule has 0 bridgehead atoms. The number of fused-ring (bicyclic) bond motifs is 2. The van der Waals surface area contributed by atoms with E-state index in [9.17, 15) is 9.59 Å². The lowest BCUT2D eigenvalue weighted by Crippen LogP contribution is -2.19. The van der Waals surface area contributed by atoms with Gasteiger partial charge in [-0.05, 0) is 37.3 Å². The summed E-state index contributed by atoms with van der Waals surface area (Å²) in [5.74, 6) is -0.669. The van der Waals surface area contributed by atoms with Crippen LogP contribution < -0.4 is 11.1 Å². The molecule has 3 aromatic rings. The normalized spacial score (nSPS) is 13.5. The Morgan fingerprint density at radius 1 is 1.29 bits per heavy atom. The zero-order valence-electron chi connectivity index (χ0n) is 14.5. The molecule has 0 radical (unpaired) electrons. The van der Waals surface area contributed by atoms with Gasteiger partial charge in [-0.2, -0.15) is 0 Å². The molecule has 4 rings (SSSR count). The summed E-state index contributed by atoms with van der Waals surface area (Å²) in [4.78, 5) is 25.5. The highest BCUT2D eigenvalue weighted by molar-refractivity contribution is 7.99. The highest BCUT2D eigenvalue weighted by Gasteiger charge is 2.25. The van der Waals surface area contributed by atoms with Gasteiger partial charge in [-0.25, -0.2) is 0 Å². The Balaban J connectivity index is 1.50. The van der Waals surface area contributed by atoms with Crippen LogP contribution in [0.25, 0.3) is 5.65 Å². The maximum absolute atomic E-state index is 12.5. The lowest BCUT2D eigenvalue weighted by Gasteiger charge is -2.11. The Hall–Kier alpha value is -1.81. The van der Waals surface area contributed by atoms with Crippen molar-refractivity contribution in [2.45, 2.75) is 30.8 Å². The van der Waals surface area contributed by atoms with Crippen molar-refractivity contribution in [3.8, 4) is 0 Å². The van der Waals surface area contributed by atoms with Crippen LogP contribution >= 0.6 is 46.3 Å². The van der Waals surface area contributed by atoms with Crippen LogP contribution in [-0.2, 0) is 17.6 Å². The van der Waals surface area contributed by atoms with Crippen LogP contribution in [-0.4, -0.2) is 32.2 Å². The second-order valence-electron chi connectivity index (χ2n) is 6.30. The van der Waals surface area contributed by atoms with Crippen LogP contribution in [0, 0.1) is 0 Å². The van der Waals surface area contributed by atoms with Crippen LogP contribution in [0.4, 0.5) is 5.00 Å². The average Bonchev–Trinajstić information content (AvgIpc) is 3.20. The molecule has 0 unspecified atom stereocenters. The molecule has 146 valence electrons. The van der Waals surface area contributed by atoms with Crippen LogP contribution in [0.3, 0.4) is 0 Å². The number of carbonyl (C=O) groups excluding carboxylic acids is 2. The van der Waals surface area contributed by atoms with Gasteiger partial charge in [0.15, 0.2) is 10.8 Å². The van der Waals surface area contributed by atoms with Gasteiger partial charge in [0, 0.05) is 11.1 Å². The van der Waals surface area contributed by atoms with Gasteiger partial charge in [0.25, 0.3) is 5.91 Å². The molecule has 28 heavy (non-hydrogen) atoms. The van der Waals surface area contributed by atoms with Gasteiger partial charge in [0.2, 0.25) is 5.91 Å². The molecule has 2 amide bonds. The Bertz CT molecular complexity index is 1100. The molecule has 1 aliphatic rings. The van der Waals surface area contributed by atoms with E-state index in [1.54, 1.807) is 16.7 Å². The van der Waals surface area contributed by atoms with E-state index in [1.807, 2.05) is 0 Å². The van der Waals surface area contributed by atoms with Crippen molar-refractivity contribution in [1.29, 1.82) is 0 Å². The van der Waals surface area contributed by atoms with Gasteiger partial charge in [-0.15, -0.1) is 21.5 Å². The van der Waals surface area contributed by atoms with Crippen LogP contribution in [0.5, 0.6) is 0 Å². The summed E-state index contributed by atoms with van der Waals surface area (Å²) in [5.41, 5.74) is 7.47. The first-order valence-corrected chi connectivity index (χ1v) is 11.1. The Morgan fingerprint density at radius 2 is 2.07 bits per heavy atom. The predicted octanol–water partition coefficient (Wildman–Crippen LogP) is 3.81. The summed E-state index contributed by atoms with van der Waals surface area (Å²) < 4.78 is 1.64. The molecule has 3 N–H and O–H groups in total. The molecule has 3 aromatic heterocycles. The largest absolute Gasteiger partial charge is 0.365 e. The number of primary amides is 1. The third-order valence-corrected chi connectivity index (χ3v) is 7.03. The summed E-state index contributed by atoms with van der Waals surface area (Å²) in [7, 11) is 0. The van der Waals surface area contributed by atoms with Gasteiger partial charge >= 0.3 is 0 Å². The minimum Gasteiger partial charge on any atom is -0.365 e. The van der Waals surface area contributed by atoms with Crippen molar-refractivity contribution >= 4 is 68.8 Å². The van der Waals surface area contributed by atoms with E-state index in [2.05, 4.69) is 15.5 Å². The Labute approximate surface area is 178 Å². The average molecular weight is 456 g/mol. The number of nitrogens with two attached hydrogens (primary N) is 1. The van der Waals surface area contributed by atoms with Crippen molar-refractivity contribution in [2.24, 2.45) is 5.73 Å². The summed E-state index contributed by atoms with van der Waals surface area (Å²) >= 11 is 14.8. The molecule has 0 atom stereocenters. The molecule has 1 aliphatic carbocycles. The number of hydrogen-bond donors (Lipinski definition) is 2. The van der Waals surface area contributed by atoms with E-state index < -0.39 is 5.91 Å². The highest BCUT2D eigenvalue weighted by atomic mass is 35.5. The first kappa shape index (κ1) is 19.5. The van der Waals surface area contributed by atoms with Gasteiger partial charge in [0.1, 0.15) is 5.00 Å². The number of nitrogens with one attached hydrogen (secondary N) is 1. The summed E-state index contributed by atoms with van der Waals surface area (Å²) in [6.07, 6.45) is 5.49. The summed E-state index contributed by atoms with van der Waals surface area (Å²) in [5, 5.41) is 12.8. The SMILES string of the molecule is NC(=O)c1c(NC(=O)CSc2nnc3c(Cl)cc(Cl)cn23)sc2c1CCCC2. The fraction of sp³-hybridized carbons (Fsp3) is 0.294. The standard InChI is InChI=1S/C17H15Cl2N5O2S2/c18-8-5-10(19)15-22-23-17(24(15)6-8)27-7-12(25)21-16-13(14(20)26)9-3-1-2-4-11(9)28-16/h5-6H,1-4,7H2,(H2,20,26)(H,21,25). The third-order valence-electron chi connectivity index (χ3n) is 4.40.